The monoisotopic (exact) mass is 339 g/mol. The molecular formula is C14H14INO. The van der Waals surface area contributed by atoms with Crippen LogP contribution in [0, 0.1) is 3.57 Å². The summed E-state index contributed by atoms with van der Waals surface area (Å²) in [6.45, 7) is 2.03. The fraction of sp³-hybridized carbons (Fsp3) is 0.143. The van der Waals surface area contributed by atoms with Gasteiger partial charge in [-0.1, -0.05) is 12.1 Å². The van der Waals surface area contributed by atoms with Gasteiger partial charge in [0.2, 0.25) is 0 Å². The van der Waals surface area contributed by atoms with E-state index >= 15 is 0 Å². The molecule has 0 aliphatic heterocycles. The molecule has 0 aliphatic rings. The Hall–Kier alpha value is -1.23. The first-order chi connectivity index (χ1) is 8.15. The number of nitrogen functional groups attached to an aromatic ring is 1. The first-order valence-corrected chi connectivity index (χ1v) is 6.50. The van der Waals surface area contributed by atoms with Crippen LogP contribution in [0.15, 0.2) is 48.5 Å². The smallest absolute Gasteiger partial charge is 0.121 e. The minimum absolute atomic E-state index is 0.0238. The molecule has 1 unspecified atom stereocenters. The summed E-state index contributed by atoms with van der Waals surface area (Å²) >= 11 is 2.28. The second kappa shape index (κ2) is 5.40. The lowest BCUT2D eigenvalue weighted by Gasteiger charge is -2.15. The zero-order chi connectivity index (χ0) is 12.3. The maximum atomic E-state index is 5.85. The summed E-state index contributed by atoms with van der Waals surface area (Å²) in [7, 11) is 0. The number of nitrogens with two attached hydrogens (primary N) is 1. The topological polar surface area (TPSA) is 35.2 Å². The van der Waals surface area contributed by atoms with E-state index in [1.807, 2.05) is 55.5 Å². The zero-order valence-corrected chi connectivity index (χ0v) is 11.7. The summed E-state index contributed by atoms with van der Waals surface area (Å²) in [4.78, 5) is 0. The van der Waals surface area contributed by atoms with Crippen LogP contribution in [0.25, 0.3) is 0 Å². The van der Waals surface area contributed by atoms with Crippen LogP contribution in [-0.4, -0.2) is 0 Å². The molecule has 0 aliphatic carbocycles. The summed E-state index contributed by atoms with van der Waals surface area (Å²) in [5.41, 5.74) is 7.55. The van der Waals surface area contributed by atoms with Gasteiger partial charge in [-0.3, -0.25) is 0 Å². The summed E-state index contributed by atoms with van der Waals surface area (Å²) in [5, 5.41) is 0. The molecule has 0 saturated carbocycles. The lowest BCUT2D eigenvalue weighted by molar-refractivity contribution is 0.227. The minimum Gasteiger partial charge on any atom is -0.486 e. The molecule has 3 heteroatoms. The number of hydrogen-bond acceptors (Lipinski definition) is 2. The molecule has 2 nitrogen and oxygen atoms in total. The van der Waals surface area contributed by atoms with E-state index in [0.717, 1.165) is 17.0 Å². The highest BCUT2D eigenvalue weighted by atomic mass is 127. The molecule has 2 aromatic carbocycles. The van der Waals surface area contributed by atoms with Gasteiger partial charge in [0.15, 0.2) is 0 Å². The quantitative estimate of drug-likeness (QED) is 0.677. The third kappa shape index (κ3) is 3.36. The average molecular weight is 339 g/mol. The normalized spacial score (nSPS) is 12.1. The van der Waals surface area contributed by atoms with Gasteiger partial charge in [-0.25, -0.2) is 0 Å². The van der Waals surface area contributed by atoms with Crippen molar-refractivity contribution >= 4 is 28.3 Å². The molecule has 0 bridgehead atoms. The molecule has 0 radical (unpaired) electrons. The van der Waals surface area contributed by atoms with Crippen molar-refractivity contribution < 1.29 is 4.74 Å². The van der Waals surface area contributed by atoms with Crippen LogP contribution < -0.4 is 10.5 Å². The summed E-state index contributed by atoms with van der Waals surface area (Å²) in [6.07, 6.45) is 0.0238. The SMILES string of the molecule is CC(Oc1ccc(I)cc1)c1ccc(N)cc1. The van der Waals surface area contributed by atoms with E-state index in [0.29, 0.717) is 0 Å². The van der Waals surface area contributed by atoms with Gasteiger partial charge in [-0.05, 0) is 71.5 Å². The first kappa shape index (κ1) is 12.2. The number of hydrogen-bond donors (Lipinski definition) is 1. The summed E-state index contributed by atoms with van der Waals surface area (Å²) < 4.78 is 7.05. The van der Waals surface area contributed by atoms with Crippen molar-refractivity contribution in [2.45, 2.75) is 13.0 Å². The molecule has 0 amide bonds. The Labute approximate surface area is 115 Å². The second-order valence-corrected chi connectivity index (χ2v) is 5.13. The highest BCUT2D eigenvalue weighted by molar-refractivity contribution is 14.1. The van der Waals surface area contributed by atoms with Crippen LogP contribution in [0.5, 0.6) is 5.75 Å². The standard InChI is InChI=1S/C14H14INO/c1-10(11-2-6-13(16)7-3-11)17-14-8-4-12(15)5-9-14/h2-10H,16H2,1H3. The number of rotatable bonds is 3. The molecule has 0 spiro atoms. The first-order valence-electron chi connectivity index (χ1n) is 5.43. The predicted octanol–water partition coefficient (Wildman–Crippen LogP) is 4.01. The van der Waals surface area contributed by atoms with Gasteiger partial charge in [-0.2, -0.15) is 0 Å². The van der Waals surface area contributed by atoms with E-state index in [2.05, 4.69) is 22.6 Å². The van der Waals surface area contributed by atoms with Crippen molar-refractivity contribution in [3.63, 3.8) is 0 Å². The van der Waals surface area contributed by atoms with Gasteiger partial charge in [0.1, 0.15) is 11.9 Å². The second-order valence-electron chi connectivity index (χ2n) is 3.88. The third-order valence-corrected chi connectivity index (χ3v) is 3.25. The third-order valence-electron chi connectivity index (χ3n) is 2.53. The number of anilines is 1. The van der Waals surface area contributed by atoms with Gasteiger partial charge in [0, 0.05) is 9.26 Å². The van der Waals surface area contributed by atoms with E-state index < -0.39 is 0 Å². The molecule has 2 rings (SSSR count). The molecule has 17 heavy (non-hydrogen) atoms. The van der Waals surface area contributed by atoms with Crippen LogP contribution in [0.1, 0.15) is 18.6 Å². The van der Waals surface area contributed by atoms with Gasteiger partial charge < -0.3 is 10.5 Å². The Bertz CT molecular complexity index is 479. The van der Waals surface area contributed by atoms with Gasteiger partial charge >= 0.3 is 0 Å². The molecule has 2 aromatic rings. The van der Waals surface area contributed by atoms with Crippen molar-refractivity contribution in [3.8, 4) is 5.75 Å². The molecule has 2 N–H and O–H groups in total. The van der Waals surface area contributed by atoms with E-state index in [1.165, 1.54) is 3.57 Å². The average Bonchev–Trinajstić information content (AvgIpc) is 2.33. The molecule has 1 atom stereocenters. The Morgan fingerprint density at radius 3 is 2.18 bits per heavy atom. The van der Waals surface area contributed by atoms with Crippen molar-refractivity contribution in [3.05, 3.63) is 57.7 Å². The van der Waals surface area contributed by atoms with E-state index in [1.54, 1.807) is 0 Å². The van der Waals surface area contributed by atoms with Crippen LogP contribution in [-0.2, 0) is 0 Å². The van der Waals surface area contributed by atoms with Gasteiger partial charge in [0.25, 0.3) is 0 Å². The van der Waals surface area contributed by atoms with Gasteiger partial charge in [0.05, 0.1) is 0 Å². The fourth-order valence-corrected chi connectivity index (χ4v) is 1.91. The van der Waals surface area contributed by atoms with Crippen LogP contribution in [0.3, 0.4) is 0 Å². The van der Waals surface area contributed by atoms with Crippen molar-refractivity contribution in [2.75, 3.05) is 5.73 Å². The van der Waals surface area contributed by atoms with E-state index in [9.17, 15) is 0 Å². The largest absolute Gasteiger partial charge is 0.486 e. The maximum Gasteiger partial charge on any atom is 0.121 e. The lowest BCUT2D eigenvalue weighted by atomic mass is 10.1. The van der Waals surface area contributed by atoms with E-state index in [-0.39, 0.29) is 6.10 Å². The lowest BCUT2D eigenvalue weighted by Crippen LogP contribution is -2.03. The van der Waals surface area contributed by atoms with Crippen LogP contribution in [0.2, 0.25) is 0 Å². The summed E-state index contributed by atoms with van der Waals surface area (Å²) in [6, 6.07) is 15.8. The minimum atomic E-state index is 0.0238. The Balaban J connectivity index is 2.08. The molecule has 0 aromatic heterocycles. The van der Waals surface area contributed by atoms with Gasteiger partial charge in [-0.15, -0.1) is 0 Å². The highest BCUT2D eigenvalue weighted by Crippen LogP contribution is 2.22. The van der Waals surface area contributed by atoms with Crippen LogP contribution in [0.4, 0.5) is 5.69 Å². The fourth-order valence-electron chi connectivity index (χ4n) is 1.55. The maximum absolute atomic E-state index is 5.85. The number of benzene rings is 2. The van der Waals surface area contributed by atoms with Crippen molar-refractivity contribution in [2.24, 2.45) is 0 Å². The molecular weight excluding hydrogens is 325 g/mol. The number of ether oxygens (including phenoxy) is 1. The van der Waals surface area contributed by atoms with Crippen molar-refractivity contribution in [1.29, 1.82) is 0 Å². The van der Waals surface area contributed by atoms with Crippen molar-refractivity contribution in [1.82, 2.24) is 0 Å². The number of halogens is 1. The highest BCUT2D eigenvalue weighted by Gasteiger charge is 2.06. The molecule has 0 heterocycles. The van der Waals surface area contributed by atoms with Crippen LogP contribution >= 0.6 is 22.6 Å². The zero-order valence-electron chi connectivity index (χ0n) is 9.56. The molecule has 88 valence electrons. The Morgan fingerprint density at radius 1 is 1.00 bits per heavy atom. The molecule has 0 fully saturated rings. The predicted molar refractivity (Wildman–Crippen MR) is 79.1 cm³/mol. The molecule has 0 saturated heterocycles. The summed E-state index contributed by atoms with van der Waals surface area (Å²) in [5.74, 6) is 0.884. The van der Waals surface area contributed by atoms with E-state index in [4.69, 9.17) is 10.5 Å². The Morgan fingerprint density at radius 2 is 1.59 bits per heavy atom. The Kier molecular flexibility index (Phi) is 3.89.